The molecule has 4 aromatic rings. The third-order valence-electron chi connectivity index (χ3n) is 5.41. The average Bonchev–Trinajstić information content (AvgIpc) is 3.20. The highest BCUT2D eigenvalue weighted by Gasteiger charge is 2.35. The minimum atomic E-state index is -4.63. The smallest absolute Gasteiger partial charge is 0.369 e. The van der Waals surface area contributed by atoms with Gasteiger partial charge in [-0.1, -0.05) is 18.2 Å². The SMILES string of the molecule is CP(C)(=O)c1ccc(N(N)c2ncc(C(F)(F)F)c(NCCc3c[nH]c4ccccc34)n2)cc1. The number of para-hydroxylation sites is 1. The Morgan fingerprint density at radius 3 is 2.50 bits per heavy atom. The summed E-state index contributed by atoms with van der Waals surface area (Å²) >= 11 is 0. The molecule has 4 N–H and O–H groups in total. The van der Waals surface area contributed by atoms with Crippen LogP contribution in [0.5, 0.6) is 0 Å². The number of nitrogens with one attached hydrogen (secondary N) is 2. The first-order valence-electron chi connectivity index (χ1n) is 10.5. The number of hydrogen-bond acceptors (Lipinski definition) is 6. The molecule has 0 saturated carbocycles. The number of alkyl halides is 3. The fourth-order valence-corrected chi connectivity index (χ4v) is 4.44. The van der Waals surface area contributed by atoms with Gasteiger partial charge in [-0.15, -0.1) is 0 Å². The predicted molar refractivity (Wildman–Crippen MR) is 129 cm³/mol. The van der Waals surface area contributed by atoms with Gasteiger partial charge in [0.2, 0.25) is 5.95 Å². The molecule has 0 radical (unpaired) electrons. The average molecular weight is 488 g/mol. The molecule has 0 saturated heterocycles. The van der Waals surface area contributed by atoms with Crippen LogP contribution >= 0.6 is 7.14 Å². The summed E-state index contributed by atoms with van der Waals surface area (Å²) in [6.45, 7) is 3.52. The zero-order valence-corrected chi connectivity index (χ0v) is 19.5. The number of hydrogen-bond donors (Lipinski definition) is 3. The summed E-state index contributed by atoms with van der Waals surface area (Å²) < 4.78 is 52.9. The van der Waals surface area contributed by atoms with E-state index in [1.807, 2.05) is 30.5 Å². The summed E-state index contributed by atoms with van der Waals surface area (Å²) in [6.07, 6.45) is -1.58. The zero-order valence-electron chi connectivity index (χ0n) is 18.6. The molecule has 178 valence electrons. The molecular weight excluding hydrogens is 464 g/mol. The van der Waals surface area contributed by atoms with Gasteiger partial charge in [-0.2, -0.15) is 18.2 Å². The molecule has 2 aromatic carbocycles. The number of halogens is 3. The Morgan fingerprint density at radius 2 is 1.82 bits per heavy atom. The van der Waals surface area contributed by atoms with E-state index in [0.29, 0.717) is 17.4 Å². The molecule has 0 amide bonds. The highest BCUT2D eigenvalue weighted by atomic mass is 31.2. The molecular formula is C23H24F3N6OP. The fourth-order valence-electron chi connectivity index (χ4n) is 3.57. The van der Waals surface area contributed by atoms with Gasteiger partial charge >= 0.3 is 6.18 Å². The lowest BCUT2D eigenvalue weighted by molar-refractivity contribution is -0.137. The quantitative estimate of drug-likeness (QED) is 0.195. The lowest BCUT2D eigenvalue weighted by atomic mass is 10.1. The highest BCUT2D eigenvalue weighted by Crippen LogP contribution is 2.36. The molecule has 0 aliphatic carbocycles. The summed E-state index contributed by atoms with van der Waals surface area (Å²) in [5.41, 5.74) is 1.42. The summed E-state index contributed by atoms with van der Waals surface area (Å²) in [4.78, 5) is 11.0. The third kappa shape index (κ3) is 5.08. The van der Waals surface area contributed by atoms with Crippen LogP contribution < -0.4 is 21.5 Å². The maximum absolute atomic E-state index is 13.6. The molecule has 0 aliphatic heterocycles. The molecule has 0 fully saturated rings. The van der Waals surface area contributed by atoms with Crippen LogP contribution in [-0.2, 0) is 17.2 Å². The molecule has 7 nitrogen and oxygen atoms in total. The van der Waals surface area contributed by atoms with Gasteiger partial charge < -0.3 is 14.9 Å². The van der Waals surface area contributed by atoms with Gasteiger partial charge in [-0.25, -0.2) is 15.8 Å². The monoisotopic (exact) mass is 488 g/mol. The van der Waals surface area contributed by atoms with Crippen molar-refractivity contribution in [3.63, 3.8) is 0 Å². The van der Waals surface area contributed by atoms with E-state index in [1.165, 1.54) is 0 Å². The van der Waals surface area contributed by atoms with Crippen molar-refractivity contribution >= 4 is 40.8 Å². The van der Waals surface area contributed by atoms with E-state index in [4.69, 9.17) is 5.84 Å². The number of fused-ring (bicyclic) bond motifs is 1. The second-order valence-electron chi connectivity index (χ2n) is 8.20. The zero-order chi connectivity index (χ0) is 24.5. The van der Waals surface area contributed by atoms with Crippen molar-refractivity contribution in [3.8, 4) is 0 Å². The van der Waals surface area contributed by atoms with Crippen LogP contribution in [0.15, 0.2) is 60.9 Å². The second-order valence-corrected chi connectivity index (χ2v) is 11.4. The minimum Gasteiger partial charge on any atom is -0.369 e. The van der Waals surface area contributed by atoms with Crippen LogP contribution in [0.2, 0.25) is 0 Å². The van der Waals surface area contributed by atoms with E-state index >= 15 is 0 Å². The van der Waals surface area contributed by atoms with E-state index in [-0.39, 0.29) is 18.3 Å². The number of hydrazine groups is 1. The van der Waals surface area contributed by atoms with Gasteiger partial charge in [0.25, 0.3) is 0 Å². The van der Waals surface area contributed by atoms with E-state index < -0.39 is 18.9 Å². The number of nitrogens with two attached hydrogens (primary N) is 1. The van der Waals surface area contributed by atoms with Crippen molar-refractivity contribution in [1.82, 2.24) is 15.0 Å². The van der Waals surface area contributed by atoms with Crippen LogP contribution in [0.1, 0.15) is 11.1 Å². The Morgan fingerprint density at radius 1 is 1.12 bits per heavy atom. The number of anilines is 3. The lowest BCUT2D eigenvalue weighted by Crippen LogP contribution is -2.28. The molecule has 0 aliphatic rings. The molecule has 0 spiro atoms. The van der Waals surface area contributed by atoms with Gasteiger partial charge in [0.1, 0.15) is 18.5 Å². The van der Waals surface area contributed by atoms with Crippen molar-refractivity contribution in [2.24, 2.45) is 5.84 Å². The molecule has 4 rings (SSSR count). The van der Waals surface area contributed by atoms with Crippen LogP contribution in [-0.4, -0.2) is 34.8 Å². The predicted octanol–water partition coefficient (Wildman–Crippen LogP) is 4.89. The standard InChI is InChI=1S/C23H24F3N6OP/c1-34(2,33)17-9-7-16(8-10-17)32(27)22-30-14-19(23(24,25)26)21(31-22)28-12-11-15-13-29-20-6-4-3-5-18(15)20/h3-10,13-14,29H,11-12,27H2,1-2H3,(H,28,30,31). The van der Waals surface area contributed by atoms with E-state index in [9.17, 15) is 17.7 Å². The largest absolute Gasteiger partial charge is 0.421 e. The topological polar surface area (TPSA) is 99.9 Å². The second kappa shape index (κ2) is 9.12. The Hall–Kier alpha value is -3.36. The van der Waals surface area contributed by atoms with Gasteiger partial charge in [-0.05, 0) is 55.6 Å². The summed E-state index contributed by atoms with van der Waals surface area (Å²) in [5, 5.41) is 5.56. The van der Waals surface area contributed by atoms with Gasteiger partial charge in [0.05, 0.1) is 5.69 Å². The van der Waals surface area contributed by atoms with Gasteiger partial charge in [0, 0.05) is 35.1 Å². The Kier molecular flexibility index (Phi) is 6.38. The van der Waals surface area contributed by atoms with Crippen LogP contribution in [0.3, 0.4) is 0 Å². The van der Waals surface area contributed by atoms with Crippen LogP contribution in [0.4, 0.5) is 30.6 Å². The number of aromatic amines is 1. The van der Waals surface area contributed by atoms with Crippen LogP contribution in [0, 0.1) is 0 Å². The Bertz CT molecular complexity index is 1350. The van der Waals surface area contributed by atoms with E-state index in [1.54, 1.807) is 37.6 Å². The molecule has 0 unspecified atom stereocenters. The maximum atomic E-state index is 13.6. The maximum Gasteiger partial charge on any atom is 0.421 e. The van der Waals surface area contributed by atoms with E-state index in [2.05, 4.69) is 20.3 Å². The normalized spacial score (nSPS) is 12.2. The van der Waals surface area contributed by atoms with Crippen LogP contribution in [0.25, 0.3) is 10.9 Å². The molecule has 0 atom stereocenters. The molecule has 2 aromatic heterocycles. The third-order valence-corrected chi connectivity index (χ3v) is 6.95. The summed E-state index contributed by atoms with van der Waals surface area (Å²) in [5.74, 6) is 5.64. The van der Waals surface area contributed by atoms with Gasteiger partial charge in [0.15, 0.2) is 0 Å². The number of rotatable bonds is 7. The molecule has 0 bridgehead atoms. The first-order chi connectivity index (χ1) is 16.0. The summed E-state index contributed by atoms with van der Waals surface area (Å²) in [7, 11) is -2.45. The van der Waals surface area contributed by atoms with Gasteiger partial charge in [-0.3, -0.25) is 0 Å². The number of benzene rings is 2. The Labute approximate surface area is 194 Å². The fraction of sp³-hybridized carbons (Fsp3) is 0.217. The summed E-state index contributed by atoms with van der Waals surface area (Å²) in [6, 6.07) is 14.3. The van der Waals surface area contributed by atoms with E-state index in [0.717, 1.165) is 27.7 Å². The number of nitrogens with zero attached hydrogens (tertiary/aromatic N) is 3. The van der Waals surface area contributed by atoms with Crippen molar-refractivity contribution in [2.75, 3.05) is 30.2 Å². The first-order valence-corrected chi connectivity index (χ1v) is 13.1. The molecule has 11 heteroatoms. The van der Waals surface area contributed by atoms with Crippen molar-refractivity contribution < 1.29 is 17.7 Å². The highest BCUT2D eigenvalue weighted by molar-refractivity contribution is 7.70. The molecule has 2 heterocycles. The molecule has 34 heavy (non-hydrogen) atoms. The number of H-pyrrole nitrogens is 1. The minimum absolute atomic E-state index is 0.105. The van der Waals surface area contributed by atoms with Crippen molar-refractivity contribution in [1.29, 1.82) is 0 Å². The van der Waals surface area contributed by atoms with Crippen molar-refractivity contribution in [3.05, 3.63) is 72.1 Å². The lowest BCUT2D eigenvalue weighted by Gasteiger charge is -2.20. The van der Waals surface area contributed by atoms with Crippen molar-refractivity contribution in [2.45, 2.75) is 12.6 Å². The first kappa shape index (κ1) is 23.8. The number of aromatic nitrogens is 3. The Balaban J connectivity index is 1.56.